The number of alkyl halides is 4. The molecule has 0 amide bonds. The molecule has 0 bridgehead atoms. The van der Waals surface area contributed by atoms with Crippen molar-refractivity contribution in [2.75, 3.05) is 6.54 Å². The summed E-state index contributed by atoms with van der Waals surface area (Å²) in [5.74, 6) is -0.0599. The lowest BCUT2D eigenvalue weighted by Crippen LogP contribution is -2.30. The number of hydrogen-bond donors (Lipinski definition) is 1. The average molecular weight is 381 g/mol. The SMILES string of the molecule is Cc1cnc(CCC(=O)[C@@H]2C[C@@H](F)CN2)cc1-c1ccc(C(F)(F)F)nc1. The topological polar surface area (TPSA) is 54.9 Å². The molecule has 3 rings (SSSR count). The first-order chi connectivity index (χ1) is 12.7. The van der Waals surface area contributed by atoms with Crippen molar-refractivity contribution < 1.29 is 22.4 Å². The third kappa shape index (κ3) is 4.68. The quantitative estimate of drug-likeness (QED) is 0.803. The van der Waals surface area contributed by atoms with Gasteiger partial charge in [-0.05, 0) is 36.6 Å². The van der Waals surface area contributed by atoms with Gasteiger partial charge in [-0.15, -0.1) is 0 Å². The molecule has 1 aliphatic rings. The van der Waals surface area contributed by atoms with Gasteiger partial charge in [0.05, 0.1) is 6.04 Å². The first kappa shape index (κ1) is 19.4. The highest BCUT2D eigenvalue weighted by Crippen LogP contribution is 2.30. The number of Topliss-reactive ketones (excluding diaryl/α,β-unsaturated/α-hetero) is 1. The number of ketones is 1. The minimum atomic E-state index is -4.48. The summed E-state index contributed by atoms with van der Waals surface area (Å²) in [5, 5.41) is 2.86. The normalized spacial score (nSPS) is 20.0. The molecule has 1 aliphatic heterocycles. The van der Waals surface area contributed by atoms with E-state index >= 15 is 0 Å². The molecule has 2 aromatic heterocycles. The second kappa shape index (κ2) is 7.72. The standard InChI is InChI=1S/C19H19F4N3O/c1-11-8-24-14(3-4-17(27)16-6-13(20)10-25-16)7-15(11)12-2-5-18(26-9-12)19(21,22)23/h2,5,7-9,13,16,25H,3-4,6,10H2,1H3/t13-,16+/m1/s1. The lowest BCUT2D eigenvalue weighted by atomic mass is 10.00. The van der Waals surface area contributed by atoms with Gasteiger partial charge in [-0.2, -0.15) is 13.2 Å². The van der Waals surface area contributed by atoms with E-state index in [0.717, 1.165) is 17.2 Å². The zero-order chi connectivity index (χ0) is 19.6. The summed E-state index contributed by atoms with van der Waals surface area (Å²) in [7, 11) is 0. The maximum absolute atomic E-state index is 13.2. The van der Waals surface area contributed by atoms with Crippen LogP contribution in [-0.4, -0.2) is 34.5 Å². The molecule has 27 heavy (non-hydrogen) atoms. The highest BCUT2D eigenvalue weighted by Gasteiger charge is 2.32. The van der Waals surface area contributed by atoms with Gasteiger partial charge >= 0.3 is 6.18 Å². The third-order valence-corrected chi connectivity index (χ3v) is 4.62. The number of carbonyl (C=O) groups is 1. The molecular weight excluding hydrogens is 362 g/mol. The van der Waals surface area contributed by atoms with Gasteiger partial charge in [-0.1, -0.05) is 6.07 Å². The Morgan fingerprint density at radius 2 is 2.04 bits per heavy atom. The number of pyridine rings is 2. The summed E-state index contributed by atoms with van der Waals surface area (Å²) >= 11 is 0. The average Bonchev–Trinajstić information content (AvgIpc) is 3.07. The zero-order valence-electron chi connectivity index (χ0n) is 14.7. The number of nitrogens with zero attached hydrogens (tertiary/aromatic N) is 2. The van der Waals surface area contributed by atoms with Crippen molar-refractivity contribution in [3.63, 3.8) is 0 Å². The second-order valence-corrected chi connectivity index (χ2v) is 6.68. The molecule has 1 fully saturated rings. The maximum Gasteiger partial charge on any atom is 0.433 e. The smallest absolute Gasteiger partial charge is 0.304 e. The van der Waals surface area contributed by atoms with E-state index in [1.54, 1.807) is 19.2 Å². The van der Waals surface area contributed by atoms with Crippen molar-refractivity contribution in [1.82, 2.24) is 15.3 Å². The molecule has 0 aromatic carbocycles. The van der Waals surface area contributed by atoms with E-state index < -0.39 is 24.1 Å². The van der Waals surface area contributed by atoms with Gasteiger partial charge in [0, 0.05) is 43.0 Å². The van der Waals surface area contributed by atoms with Crippen LogP contribution in [0, 0.1) is 6.92 Å². The van der Waals surface area contributed by atoms with Crippen molar-refractivity contribution in [1.29, 1.82) is 0 Å². The minimum absolute atomic E-state index is 0.0599. The molecule has 3 heterocycles. The Hall–Kier alpha value is -2.35. The molecule has 144 valence electrons. The van der Waals surface area contributed by atoms with Crippen LogP contribution in [0.1, 0.15) is 29.8 Å². The van der Waals surface area contributed by atoms with E-state index in [4.69, 9.17) is 0 Å². The van der Waals surface area contributed by atoms with Crippen LogP contribution < -0.4 is 5.32 Å². The van der Waals surface area contributed by atoms with Crippen LogP contribution in [0.25, 0.3) is 11.1 Å². The lowest BCUT2D eigenvalue weighted by molar-refractivity contribution is -0.141. The Kier molecular flexibility index (Phi) is 5.55. The maximum atomic E-state index is 13.2. The fourth-order valence-corrected chi connectivity index (χ4v) is 3.10. The molecule has 4 nitrogen and oxygen atoms in total. The third-order valence-electron chi connectivity index (χ3n) is 4.62. The van der Waals surface area contributed by atoms with Crippen molar-refractivity contribution >= 4 is 5.78 Å². The van der Waals surface area contributed by atoms with E-state index in [0.29, 0.717) is 17.7 Å². The highest BCUT2D eigenvalue weighted by molar-refractivity contribution is 5.84. The summed E-state index contributed by atoms with van der Waals surface area (Å²) < 4.78 is 51.2. The van der Waals surface area contributed by atoms with Gasteiger partial charge < -0.3 is 5.32 Å². The van der Waals surface area contributed by atoms with Crippen LogP contribution in [0.3, 0.4) is 0 Å². The summed E-state index contributed by atoms with van der Waals surface area (Å²) in [6.45, 7) is 2.00. The van der Waals surface area contributed by atoms with Crippen LogP contribution >= 0.6 is 0 Å². The molecule has 8 heteroatoms. The van der Waals surface area contributed by atoms with Gasteiger partial charge in [0.2, 0.25) is 0 Å². The summed E-state index contributed by atoms with van der Waals surface area (Å²) in [5.41, 5.74) is 1.77. The minimum Gasteiger partial charge on any atom is -0.304 e. The van der Waals surface area contributed by atoms with Crippen LogP contribution in [0.4, 0.5) is 17.6 Å². The van der Waals surface area contributed by atoms with Crippen LogP contribution in [0.15, 0.2) is 30.6 Å². The number of hydrogen-bond acceptors (Lipinski definition) is 4. The molecule has 2 aromatic rings. The van der Waals surface area contributed by atoms with E-state index in [2.05, 4.69) is 15.3 Å². The van der Waals surface area contributed by atoms with Crippen molar-refractivity contribution in [2.24, 2.45) is 0 Å². The summed E-state index contributed by atoms with van der Waals surface area (Å²) in [6, 6.07) is 3.62. The fourth-order valence-electron chi connectivity index (χ4n) is 3.10. The fraction of sp³-hybridized carbons (Fsp3) is 0.421. The Morgan fingerprint density at radius 1 is 1.26 bits per heavy atom. The van der Waals surface area contributed by atoms with Crippen LogP contribution in [0.2, 0.25) is 0 Å². The first-order valence-electron chi connectivity index (χ1n) is 8.63. The van der Waals surface area contributed by atoms with Crippen LogP contribution in [-0.2, 0) is 17.4 Å². The van der Waals surface area contributed by atoms with Gasteiger partial charge in [-0.3, -0.25) is 14.8 Å². The molecule has 2 atom stereocenters. The predicted molar refractivity (Wildman–Crippen MR) is 91.8 cm³/mol. The number of nitrogens with one attached hydrogen (secondary N) is 1. The highest BCUT2D eigenvalue weighted by atomic mass is 19.4. The lowest BCUT2D eigenvalue weighted by Gasteiger charge is -2.11. The summed E-state index contributed by atoms with van der Waals surface area (Å²) in [6.07, 6.45) is -1.86. The Labute approximate surface area is 154 Å². The molecule has 1 N–H and O–H groups in total. The number of rotatable bonds is 5. The number of aryl methyl sites for hydroxylation is 2. The van der Waals surface area contributed by atoms with E-state index in [1.165, 1.54) is 12.3 Å². The molecule has 0 unspecified atom stereocenters. The molecule has 0 aliphatic carbocycles. The van der Waals surface area contributed by atoms with E-state index in [-0.39, 0.29) is 25.2 Å². The van der Waals surface area contributed by atoms with Gasteiger partial charge in [0.15, 0.2) is 0 Å². The zero-order valence-corrected chi connectivity index (χ0v) is 14.7. The number of aromatic nitrogens is 2. The van der Waals surface area contributed by atoms with E-state index in [9.17, 15) is 22.4 Å². The van der Waals surface area contributed by atoms with Gasteiger partial charge in [-0.25, -0.2) is 4.39 Å². The molecule has 0 spiro atoms. The van der Waals surface area contributed by atoms with Crippen LogP contribution in [0.5, 0.6) is 0 Å². The van der Waals surface area contributed by atoms with Crippen molar-refractivity contribution in [2.45, 2.75) is 44.6 Å². The Balaban J connectivity index is 1.71. The Bertz CT molecular complexity index is 821. The largest absolute Gasteiger partial charge is 0.433 e. The monoisotopic (exact) mass is 381 g/mol. The number of carbonyl (C=O) groups excluding carboxylic acids is 1. The van der Waals surface area contributed by atoms with Crippen molar-refractivity contribution in [3.8, 4) is 11.1 Å². The number of halogens is 4. The molecule has 0 radical (unpaired) electrons. The molecule has 0 saturated carbocycles. The first-order valence-corrected chi connectivity index (χ1v) is 8.63. The Morgan fingerprint density at radius 3 is 2.63 bits per heavy atom. The van der Waals surface area contributed by atoms with Gasteiger partial charge in [0.25, 0.3) is 0 Å². The molecule has 1 saturated heterocycles. The molecular formula is C19H19F4N3O. The second-order valence-electron chi connectivity index (χ2n) is 6.68. The van der Waals surface area contributed by atoms with Crippen molar-refractivity contribution in [3.05, 3.63) is 47.5 Å². The predicted octanol–water partition coefficient (Wildman–Crippen LogP) is 3.67. The van der Waals surface area contributed by atoms with Gasteiger partial charge in [0.1, 0.15) is 17.6 Å². The summed E-state index contributed by atoms with van der Waals surface area (Å²) in [4.78, 5) is 19.9. The van der Waals surface area contributed by atoms with E-state index in [1.807, 2.05) is 0 Å².